The number of aliphatic hydroxyl groups excluding tert-OH is 2. The molecule has 1 aliphatic rings. The molecule has 1 aromatic heterocycles. The first-order valence-corrected chi connectivity index (χ1v) is 27.1. The van der Waals surface area contributed by atoms with E-state index in [1.54, 1.807) is 0 Å². The van der Waals surface area contributed by atoms with Crippen molar-refractivity contribution >= 4 is 39.2 Å². The minimum atomic E-state index is -5.63. The molecule has 7 atom stereocenters. The molecule has 0 spiro atoms. The molecule has 16 nitrogen and oxygen atoms in total. The van der Waals surface area contributed by atoms with Gasteiger partial charge in [0.25, 0.3) is 15.6 Å². The van der Waals surface area contributed by atoms with Gasteiger partial charge in [-0.25, -0.2) is 9.11 Å². The smallest absolute Gasteiger partial charge is 0.756 e. The fourth-order valence-electron chi connectivity index (χ4n) is 7.13. The van der Waals surface area contributed by atoms with Gasteiger partial charge in [-0.05, 0) is 24.7 Å². The number of unbranched alkanes of at least 4 members (excludes halogenated alkanes) is 23. The number of hydrogen-bond donors (Lipinski definition) is 3. The number of hydrogen-bond acceptors (Lipinski definition) is 16. The zero-order valence-corrected chi connectivity index (χ0v) is 45.5. The van der Waals surface area contributed by atoms with E-state index in [1.165, 1.54) is 140 Å². The molecule has 4 N–H and O–H groups in total. The summed E-state index contributed by atoms with van der Waals surface area (Å²) in [6.07, 6.45) is 23.8. The zero-order valence-electron chi connectivity index (χ0n) is 38.9. The zero-order chi connectivity index (χ0) is 44.8. The fraction of sp³-hybridized carbons (Fsp3) is 0.881. The van der Waals surface area contributed by atoms with E-state index in [-0.39, 0.29) is 77.1 Å². The number of phosphoric ester groups is 2. The Labute approximate surface area is 425 Å². The van der Waals surface area contributed by atoms with Crippen molar-refractivity contribution < 1.29 is 116 Å². The Morgan fingerprint density at radius 3 is 1.73 bits per heavy atom. The molecule has 63 heavy (non-hydrogen) atoms. The van der Waals surface area contributed by atoms with E-state index >= 15 is 0 Å². The van der Waals surface area contributed by atoms with Crippen LogP contribution >= 0.6 is 27.4 Å². The first-order valence-electron chi connectivity index (χ1n) is 23.0. The number of carbonyl (C=O) groups is 1. The third-order valence-corrected chi connectivity index (χ3v) is 14.4. The molecule has 1 aromatic rings. The van der Waals surface area contributed by atoms with Crippen molar-refractivity contribution in [1.82, 2.24) is 9.55 Å². The Balaban J connectivity index is 0.0000192. The van der Waals surface area contributed by atoms with Crippen LogP contribution in [-0.2, 0) is 36.8 Å². The Morgan fingerprint density at radius 1 is 0.778 bits per heavy atom. The number of nitrogen functional groups attached to an aromatic ring is 1. The van der Waals surface area contributed by atoms with Gasteiger partial charge in [0.1, 0.15) is 30.2 Å². The number of anilines is 1. The number of esters is 1. The second-order valence-electron chi connectivity index (χ2n) is 16.2. The van der Waals surface area contributed by atoms with Crippen LogP contribution in [0, 0.1) is 0 Å². The molecular formula is C42H77N3Na2O13P2S. The second-order valence-corrected chi connectivity index (χ2v) is 20.3. The van der Waals surface area contributed by atoms with Crippen LogP contribution < -0.4 is 80.3 Å². The van der Waals surface area contributed by atoms with Crippen LogP contribution in [0.3, 0.4) is 0 Å². The maximum Gasteiger partial charge on any atom is 1.00 e. The van der Waals surface area contributed by atoms with Crippen molar-refractivity contribution in [3.63, 3.8) is 0 Å². The molecule has 1 saturated heterocycles. The second kappa shape index (κ2) is 38.5. The van der Waals surface area contributed by atoms with E-state index in [9.17, 15) is 38.7 Å². The molecular weight excluding hydrogens is 894 g/mol. The van der Waals surface area contributed by atoms with Gasteiger partial charge in [-0.2, -0.15) is 16.7 Å². The Bertz CT molecular complexity index is 1470. The van der Waals surface area contributed by atoms with Crippen LogP contribution in [0.4, 0.5) is 5.82 Å². The minimum Gasteiger partial charge on any atom is -0.756 e. The van der Waals surface area contributed by atoms with Gasteiger partial charge in [-0.15, -0.1) is 0 Å². The summed E-state index contributed by atoms with van der Waals surface area (Å²) in [7, 11) is -11.2. The van der Waals surface area contributed by atoms with E-state index in [4.69, 9.17) is 19.7 Å². The number of nitrogens with two attached hydrogens (primary N) is 1. The number of thioether (sulfide) groups is 1. The molecule has 1 aliphatic heterocycles. The van der Waals surface area contributed by atoms with E-state index in [1.807, 2.05) is 0 Å². The minimum absolute atomic E-state index is 0. The van der Waals surface area contributed by atoms with Crippen LogP contribution in [0.1, 0.15) is 187 Å². The maximum atomic E-state index is 12.8. The Kier molecular flexibility index (Phi) is 38.9. The van der Waals surface area contributed by atoms with Crippen molar-refractivity contribution in [2.24, 2.45) is 0 Å². The standard InChI is InChI=1S/C42H79N3O13P2S.2Na/c1-3-5-7-9-11-13-15-17-18-20-22-24-26-28-38(46)56-35(34-61-31-27-25-23-21-19-16-14-12-10-8-6-4-2)32-54-59(50,51)58-60(52,53)55-33-36-39(47)40(48)41(57-36)45-30-29-37(43)44-42(45)49;;/h29-30,35-36,39-41,47-48H,3-28,31-34H2,1-2H3,(H,50,51)(H,52,53)(H2,43,44,49);;/q;2*+1/p-2. The number of ether oxygens (including phenoxy) is 2. The average Bonchev–Trinajstić information content (AvgIpc) is 3.49. The monoisotopic (exact) mass is 971 g/mol. The predicted molar refractivity (Wildman–Crippen MR) is 236 cm³/mol. The van der Waals surface area contributed by atoms with Gasteiger partial charge >= 0.3 is 70.8 Å². The fourth-order valence-corrected chi connectivity index (χ4v) is 10.2. The van der Waals surface area contributed by atoms with Crippen LogP contribution in [0.5, 0.6) is 0 Å². The summed E-state index contributed by atoms with van der Waals surface area (Å²) in [5.41, 5.74) is 4.59. The van der Waals surface area contributed by atoms with E-state index in [2.05, 4.69) is 27.7 Å². The molecule has 2 rings (SSSR count). The SMILES string of the molecule is CCCCCCCCCCCCCCCC(=O)OC(COP(=O)([O-])OP(=O)([O-])OCC1OC(n2ccc(N)nc2=O)C(O)C1O)CSCCCCCCCCCCCCCC.[Na+].[Na+]. The van der Waals surface area contributed by atoms with Gasteiger partial charge in [-0.1, -0.05) is 162 Å². The van der Waals surface area contributed by atoms with Crippen LogP contribution in [0.25, 0.3) is 0 Å². The van der Waals surface area contributed by atoms with Gasteiger partial charge in [0.15, 0.2) is 6.23 Å². The summed E-state index contributed by atoms with van der Waals surface area (Å²) in [5, 5.41) is 20.8. The van der Waals surface area contributed by atoms with Crippen molar-refractivity contribution in [3.8, 4) is 0 Å². The molecule has 0 saturated carbocycles. The largest absolute Gasteiger partial charge is 1.00 e. The molecule has 2 heterocycles. The van der Waals surface area contributed by atoms with Gasteiger partial charge < -0.3 is 44.3 Å². The average molecular weight is 972 g/mol. The van der Waals surface area contributed by atoms with Crippen molar-refractivity contribution in [3.05, 3.63) is 22.7 Å². The Morgan fingerprint density at radius 2 is 1.24 bits per heavy atom. The van der Waals surface area contributed by atoms with Crippen LogP contribution in [-0.4, -0.2) is 74.9 Å². The predicted octanol–water partition coefficient (Wildman–Crippen LogP) is 2.27. The summed E-state index contributed by atoms with van der Waals surface area (Å²) < 4.78 is 50.9. The summed E-state index contributed by atoms with van der Waals surface area (Å²) >= 11 is 1.50. The molecule has 21 heteroatoms. The molecule has 0 aromatic carbocycles. The van der Waals surface area contributed by atoms with Crippen LogP contribution in [0.2, 0.25) is 0 Å². The Hall–Kier alpha value is 0.640. The van der Waals surface area contributed by atoms with Crippen molar-refractivity contribution in [2.45, 2.75) is 211 Å². The number of aliphatic hydroxyl groups is 2. The third kappa shape index (κ3) is 30.7. The number of phosphoric acid groups is 2. The van der Waals surface area contributed by atoms with Crippen molar-refractivity contribution in [1.29, 1.82) is 0 Å². The van der Waals surface area contributed by atoms with Gasteiger partial charge in [0, 0.05) is 18.4 Å². The summed E-state index contributed by atoms with van der Waals surface area (Å²) in [4.78, 5) is 53.7. The van der Waals surface area contributed by atoms with Gasteiger partial charge in [0.05, 0.1) is 13.2 Å². The first-order chi connectivity index (χ1) is 29.3. The summed E-state index contributed by atoms with van der Waals surface area (Å²) in [6, 6.07) is 1.25. The maximum absolute atomic E-state index is 12.8. The topological polar surface area (TPSA) is 245 Å². The van der Waals surface area contributed by atoms with E-state index in [0.717, 1.165) is 48.8 Å². The van der Waals surface area contributed by atoms with Crippen molar-refractivity contribution in [2.75, 3.05) is 30.5 Å². The summed E-state index contributed by atoms with van der Waals surface area (Å²) in [6.45, 7) is 2.82. The molecule has 0 bridgehead atoms. The number of carbonyl (C=O) groups excluding carboxylic acids is 1. The third-order valence-electron chi connectivity index (χ3n) is 10.7. The van der Waals surface area contributed by atoms with Crippen LogP contribution in [0.15, 0.2) is 17.1 Å². The number of rotatable bonds is 39. The molecule has 356 valence electrons. The van der Waals surface area contributed by atoms with E-state index < -0.39 is 71.2 Å². The van der Waals surface area contributed by atoms with Gasteiger partial charge in [0.2, 0.25) is 0 Å². The number of nitrogens with zero attached hydrogens (tertiary/aromatic N) is 2. The summed E-state index contributed by atoms with van der Waals surface area (Å²) in [5.74, 6) is 0.426. The van der Waals surface area contributed by atoms with E-state index in [0.29, 0.717) is 6.42 Å². The first kappa shape index (κ1) is 63.6. The normalized spacial score (nSPS) is 19.7. The quantitative estimate of drug-likeness (QED) is 0.0371. The number of aromatic nitrogens is 2. The molecule has 0 radical (unpaired) electrons. The molecule has 1 fully saturated rings. The molecule has 0 amide bonds. The molecule has 7 unspecified atom stereocenters. The van der Waals surface area contributed by atoms with Gasteiger partial charge in [-0.3, -0.25) is 18.5 Å². The molecule has 0 aliphatic carbocycles.